The molecule has 0 fully saturated rings. The fraction of sp³-hybridized carbons (Fsp3) is 0.176. The zero-order valence-electron chi connectivity index (χ0n) is 12.5. The summed E-state index contributed by atoms with van der Waals surface area (Å²) < 4.78 is 10.4. The molecule has 0 atom stereocenters. The Bertz CT molecular complexity index is 665. The topological polar surface area (TPSA) is 64.6 Å². The summed E-state index contributed by atoms with van der Waals surface area (Å²) in [7, 11) is 1.50. The van der Waals surface area contributed by atoms with E-state index in [0.717, 1.165) is 0 Å². The standard InChI is InChI=1S/C17H17NO4/c1-3-16(19)18-12-8-10-13(11-9-12)22-17(20)14-6-4-5-7-15(14)21-2/h4-11H,3H2,1-2H3,(H,18,19). The van der Waals surface area contributed by atoms with Gasteiger partial charge in [-0.1, -0.05) is 19.1 Å². The van der Waals surface area contributed by atoms with Crippen molar-refractivity contribution in [1.82, 2.24) is 0 Å². The van der Waals surface area contributed by atoms with Crippen molar-refractivity contribution in [1.29, 1.82) is 0 Å². The molecule has 0 unspecified atom stereocenters. The first-order valence-corrected chi connectivity index (χ1v) is 6.89. The first-order valence-electron chi connectivity index (χ1n) is 6.89. The Morgan fingerprint density at radius 1 is 1.05 bits per heavy atom. The molecule has 2 rings (SSSR count). The highest BCUT2D eigenvalue weighted by Gasteiger charge is 2.13. The van der Waals surface area contributed by atoms with E-state index in [1.54, 1.807) is 55.5 Å². The molecular formula is C17H17NO4. The second-order valence-corrected chi connectivity index (χ2v) is 4.52. The summed E-state index contributed by atoms with van der Waals surface area (Å²) in [5.74, 6) is 0.284. The number of anilines is 1. The maximum atomic E-state index is 12.1. The van der Waals surface area contributed by atoms with E-state index in [0.29, 0.717) is 29.2 Å². The lowest BCUT2D eigenvalue weighted by Gasteiger charge is -2.09. The Morgan fingerprint density at radius 2 is 1.73 bits per heavy atom. The highest BCUT2D eigenvalue weighted by molar-refractivity contribution is 5.94. The molecule has 0 heterocycles. The van der Waals surface area contributed by atoms with Crippen molar-refractivity contribution in [3.05, 3.63) is 54.1 Å². The summed E-state index contributed by atoms with van der Waals surface area (Å²) in [5.41, 5.74) is 1.01. The molecule has 1 N–H and O–H groups in total. The van der Waals surface area contributed by atoms with Gasteiger partial charge in [0.25, 0.3) is 0 Å². The third kappa shape index (κ3) is 3.85. The number of esters is 1. The third-order valence-corrected chi connectivity index (χ3v) is 3.00. The minimum atomic E-state index is -0.497. The predicted molar refractivity (Wildman–Crippen MR) is 83.3 cm³/mol. The zero-order chi connectivity index (χ0) is 15.9. The molecule has 0 saturated heterocycles. The fourth-order valence-corrected chi connectivity index (χ4v) is 1.83. The van der Waals surface area contributed by atoms with Crippen molar-refractivity contribution >= 4 is 17.6 Å². The first kappa shape index (κ1) is 15.6. The Balaban J connectivity index is 2.07. The number of hydrogen-bond acceptors (Lipinski definition) is 4. The van der Waals surface area contributed by atoms with Crippen molar-refractivity contribution in [3.63, 3.8) is 0 Å². The van der Waals surface area contributed by atoms with Gasteiger partial charge in [0.05, 0.1) is 7.11 Å². The number of carbonyl (C=O) groups excluding carboxylic acids is 2. The van der Waals surface area contributed by atoms with Gasteiger partial charge in [-0.3, -0.25) is 4.79 Å². The molecule has 2 aromatic carbocycles. The molecule has 5 nitrogen and oxygen atoms in total. The summed E-state index contributed by atoms with van der Waals surface area (Å²) in [5, 5.41) is 2.72. The van der Waals surface area contributed by atoms with Crippen molar-refractivity contribution in [2.24, 2.45) is 0 Å². The summed E-state index contributed by atoms with van der Waals surface area (Å²) in [4.78, 5) is 23.4. The van der Waals surface area contributed by atoms with Gasteiger partial charge in [-0.05, 0) is 36.4 Å². The van der Waals surface area contributed by atoms with Crippen LogP contribution in [0.25, 0.3) is 0 Å². The van der Waals surface area contributed by atoms with Crippen LogP contribution in [0, 0.1) is 0 Å². The van der Waals surface area contributed by atoms with Gasteiger partial charge in [-0.25, -0.2) is 4.79 Å². The second-order valence-electron chi connectivity index (χ2n) is 4.52. The first-order chi connectivity index (χ1) is 10.6. The van der Waals surface area contributed by atoms with Crippen LogP contribution >= 0.6 is 0 Å². The van der Waals surface area contributed by atoms with E-state index < -0.39 is 5.97 Å². The summed E-state index contributed by atoms with van der Waals surface area (Å²) >= 11 is 0. The molecule has 0 aromatic heterocycles. The predicted octanol–water partition coefficient (Wildman–Crippen LogP) is 3.26. The van der Waals surface area contributed by atoms with Crippen molar-refractivity contribution in [3.8, 4) is 11.5 Å². The van der Waals surface area contributed by atoms with Gasteiger partial charge in [0.1, 0.15) is 17.1 Å². The molecule has 114 valence electrons. The van der Waals surface area contributed by atoms with E-state index in [4.69, 9.17) is 9.47 Å². The van der Waals surface area contributed by atoms with Gasteiger partial charge in [0, 0.05) is 12.1 Å². The number of carbonyl (C=O) groups is 2. The number of benzene rings is 2. The van der Waals surface area contributed by atoms with Crippen LogP contribution < -0.4 is 14.8 Å². The molecule has 1 amide bonds. The van der Waals surface area contributed by atoms with E-state index >= 15 is 0 Å². The number of para-hydroxylation sites is 1. The van der Waals surface area contributed by atoms with Crippen LogP contribution in [-0.2, 0) is 4.79 Å². The smallest absolute Gasteiger partial charge is 0.347 e. The minimum Gasteiger partial charge on any atom is -0.496 e. The Kier molecular flexibility index (Phi) is 5.14. The van der Waals surface area contributed by atoms with Gasteiger partial charge in [-0.2, -0.15) is 0 Å². The molecule has 0 aliphatic rings. The van der Waals surface area contributed by atoms with E-state index in [-0.39, 0.29) is 5.91 Å². The van der Waals surface area contributed by atoms with E-state index in [2.05, 4.69) is 5.32 Å². The Labute approximate surface area is 128 Å². The number of hydrogen-bond donors (Lipinski definition) is 1. The van der Waals surface area contributed by atoms with Crippen molar-refractivity contribution < 1.29 is 19.1 Å². The Morgan fingerprint density at radius 3 is 2.36 bits per heavy atom. The average molecular weight is 299 g/mol. The largest absolute Gasteiger partial charge is 0.496 e. The normalized spacial score (nSPS) is 9.91. The maximum absolute atomic E-state index is 12.1. The van der Waals surface area contributed by atoms with Crippen LogP contribution in [0.5, 0.6) is 11.5 Å². The fourth-order valence-electron chi connectivity index (χ4n) is 1.83. The highest BCUT2D eigenvalue weighted by atomic mass is 16.5. The minimum absolute atomic E-state index is 0.0706. The number of methoxy groups -OCH3 is 1. The van der Waals surface area contributed by atoms with Gasteiger partial charge in [-0.15, -0.1) is 0 Å². The van der Waals surface area contributed by atoms with E-state index in [9.17, 15) is 9.59 Å². The van der Waals surface area contributed by atoms with E-state index in [1.165, 1.54) is 7.11 Å². The molecule has 2 aromatic rings. The molecule has 0 radical (unpaired) electrons. The van der Waals surface area contributed by atoms with Crippen molar-refractivity contribution in [2.75, 3.05) is 12.4 Å². The van der Waals surface area contributed by atoms with Gasteiger partial charge in [0.2, 0.25) is 5.91 Å². The molecule has 22 heavy (non-hydrogen) atoms. The summed E-state index contributed by atoms with van der Waals surface area (Å²) in [6.07, 6.45) is 0.407. The molecule has 5 heteroatoms. The van der Waals surface area contributed by atoms with Gasteiger partial charge < -0.3 is 14.8 Å². The summed E-state index contributed by atoms with van der Waals surface area (Å²) in [6, 6.07) is 13.5. The van der Waals surface area contributed by atoms with Crippen LogP contribution in [0.4, 0.5) is 5.69 Å². The van der Waals surface area contributed by atoms with Crippen LogP contribution in [0.3, 0.4) is 0 Å². The number of nitrogens with one attached hydrogen (secondary N) is 1. The molecule has 0 aliphatic heterocycles. The number of ether oxygens (including phenoxy) is 2. The van der Waals surface area contributed by atoms with Gasteiger partial charge >= 0.3 is 5.97 Å². The maximum Gasteiger partial charge on any atom is 0.347 e. The lowest BCUT2D eigenvalue weighted by atomic mass is 10.2. The summed E-state index contributed by atoms with van der Waals surface area (Å²) in [6.45, 7) is 1.78. The SMILES string of the molecule is CCC(=O)Nc1ccc(OC(=O)c2ccccc2OC)cc1. The van der Waals surface area contributed by atoms with Crippen molar-refractivity contribution in [2.45, 2.75) is 13.3 Å². The van der Waals surface area contributed by atoms with Crippen LogP contribution in [-0.4, -0.2) is 19.0 Å². The highest BCUT2D eigenvalue weighted by Crippen LogP contribution is 2.21. The number of rotatable bonds is 5. The van der Waals surface area contributed by atoms with Crippen LogP contribution in [0.1, 0.15) is 23.7 Å². The quantitative estimate of drug-likeness (QED) is 0.680. The van der Waals surface area contributed by atoms with E-state index in [1.807, 2.05) is 0 Å². The zero-order valence-corrected chi connectivity index (χ0v) is 12.5. The molecule has 0 bridgehead atoms. The monoisotopic (exact) mass is 299 g/mol. The second kappa shape index (κ2) is 7.26. The molecule has 0 aliphatic carbocycles. The Hall–Kier alpha value is -2.82. The third-order valence-electron chi connectivity index (χ3n) is 3.00. The average Bonchev–Trinajstić information content (AvgIpc) is 2.56. The molecular weight excluding hydrogens is 282 g/mol. The lowest BCUT2D eigenvalue weighted by molar-refractivity contribution is -0.115. The molecule has 0 saturated carbocycles. The molecule has 0 spiro atoms. The number of amides is 1. The van der Waals surface area contributed by atoms with Gasteiger partial charge in [0.15, 0.2) is 0 Å². The van der Waals surface area contributed by atoms with Crippen LogP contribution in [0.15, 0.2) is 48.5 Å². The lowest BCUT2D eigenvalue weighted by Crippen LogP contribution is -2.11. The van der Waals surface area contributed by atoms with Crippen LogP contribution in [0.2, 0.25) is 0 Å².